The quantitative estimate of drug-likeness (QED) is 0.917. The van der Waals surface area contributed by atoms with Crippen LogP contribution in [0, 0.1) is 11.3 Å². The van der Waals surface area contributed by atoms with E-state index in [1.165, 1.54) is 43.4 Å². The third kappa shape index (κ3) is 2.09. The van der Waals surface area contributed by atoms with Gasteiger partial charge in [0.25, 0.3) is 0 Å². The summed E-state index contributed by atoms with van der Waals surface area (Å²) in [6.07, 6.45) is 7.33. The largest absolute Gasteiger partial charge is 0.370 e. The zero-order chi connectivity index (χ0) is 14.9. The number of para-hydroxylation sites is 1. The van der Waals surface area contributed by atoms with Crippen LogP contribution in [0.5, 0.6) is 0 Å². The van der Waals surface area contributed by atoms with Gasteiger partial charge in [0.15, 0.2) is 0 Å². The zero-order valence-corrected chi connectivity index (χ0v) is 12.7. The van der Waals surface area contributed by atoms with Crippen molar-refractivity contribution >= 4 is 5.82 Å². The smallest absolute Gasteiger partial charge is 0.133 e. The predicted octanol–water partition coefficient (Wildman–Crippen LogP) is 3.76. The number of aromatic nitrogens is 2. The number of hydrogen-bond donors (Lipinski definition) is 1. The van der Waals surface area contributed by atoms with Crippen molar-refractivity contribution in [3.8, 4) is 11.8 Å². The van der Waals surface area contributed by atoms with Crippen LogP contribution in [0.25, 0.3) is 5.69 Å². The lowest BCUT2D eigenvalue weighted by atomic mass is 9.81. The highest BCUT2D eigenvalue weighted by molar-refractivity contribution is 5.59. The monoisotopic (exact) mass is 292 g/mol. The molecule has 1 aromatic heterocycles. The summed E-state index contributed by atoms with van der Waals surface area (Å²) in [5, 5.41) is 17.9. The van der Waals surface area contributed by atoms with Crippen LogP contribution < -0.4 is 5.32 Å². The molecule has 4 heteroatoms. The molecule has 2 aromatic rings. The van der Waals surface area contributed by atoms with Crippen molar-refractivity contribution in [2.45, 2.75) is 44.4 Å². The van der Waals surface area contributed by atoms with Gasteiger partial charge in [-0.15, -0.1) is 0 Å². The first-order chi connectivity index (χ1) is 10.9. The minimum atomic E-state index is 0.615. The van der Waals surface area contributed by atoms with E-state index in [0.29, 0.717) is 11.5 Å². The highest BCUT2D eigenvalue weighted by atomic mass is 15.3. The molecule has 1 fully saturated rings. The van der Waals surface area contributed by atoms with Crippen LogP contribution in [-0.4, -0.2) is 16.3 Å². The van der Waals surface area contributed by atoms with Gasteiger partial charge in [0, 0.05) is 18.0 Å². The summed E-state index contributed by atoms with van der Waals surface area (Å²) in [5.74, 6) is 1.73. The topological polar surface area (TPSA) is 53.6 Å². The maximum absolute atomic E-state index is 9.40. The first-order valence-electron chi connectivity index (χ1n) is 8.23. The van der Waals surface area contributed by atoms with Crippen molar-refractivity contribution in [3.63, 3.8) is 0 Å². The van der Waals surface area contributed by atoms with Crippen molar-refractivity contribution in [2.24, 2.45) is 0 Å². The molecule has 1 aliphatic carbocycles. The molecule has 4 nitrogen and oxygen atoms in total. The fraction of sp³-hybridized carbons (Fsp3) is 0.444. The number of benzene rings is 1. The molecule has 1 saturated carbocycles. The molecule has 1 N–H and O–H groups in total. The summed E-state index contributed by atoms with van der Waals surface area (Å²) in [5.41, 5.74) is 4.22. The maximum Gasteiger partial charge on any atom is 0.133 e. The van der Waals surface area contributed by atoms with Gasteiger partial charge in [0.1, 0.15) is 11.9 Å². The Kier molecular flexibility index (Phi) is 3.34. The number of anilines is 1. The van der Waals surface area contributed by atoms with E-state index in [-0.39, 0.29) is 0 Å². The molecule has 0 radical (unpaired) electrons. The van der Waals surface area contributed by atoms with Gasteiger partial charge in [-0.1, -0.05) is 18.6 Å². The molecule has 0 bridgehead atoms. The van der Waals surface area contributed by atoms with Crippen molar-refractivity contribution in [1.29, 1.82) is 5.26 Å². The maximum atomic E-state index is 9.40. The van der Waals surface area contributed by atoms with E-state index < -0.39 is 0 Å². The predicted molar refractivity (Wildman–Crippen MR) is 86.3 cm³/mol. The standard InChI is InChI=1S/C18H20N4/c19-12-14-6-1-2-10-16(14)22-18-15(9-3-4-11-20-18)17(21-22)13-7-5-8-13/h1-2,6,10,13,20H,3-5,7-9,11H2. The van der Waals surface area contributed by atoms with E-state index >= 15 is 0 Å². The van der Waals surface area contributed by atoms with E-state index in [1.807, 2.05) is 28.9 Å². The van der Waals surface area contributed by atoms with Gasteiger partial charge in [-0.2, -0.15) is 10.4 Å². The zero-order valence-electron chi connectivity index (χ0n) is 12.7. The Bertz CT molecular complexity index is 734. The summed E-state index contributed by atoms with van der Waals surface area (Å²) in [4.78, 5) is 0. The van der Waals surface area contributed by atoms with Gasteiger partial charge >= 0.3 is 0 Å². The normalized spacial score (nSPS) is 17.8. The molecule has 0 amide bonds. The van der Waals surface area contributed by atoms with Gasteiger partial charge in [-0.05, 0) is 44.2 Å². The van der Waals surface area contributed by atoms with Gasteiger partial charge in [-0.25, -0.2) is 4.68 Å². The number of hydrogen-bond acceptors (Lipinski definition) is 3. The Labute approximate surface area is 130 Å². The summed E-state index contributed by atoms with van der Waals surface area (Å²) >= 11 is 0. The highest BCUT2D eigenvalue weighted by Crippen LogP contribution is 2.41. The van der Waals surface area contributed by atoms with Crippen LogP contribution >= 0.6 is 0 Å². The number of fused-ring (bicyclic) bond motifs is 1. The minimum Gasteiger partial charge on any atom is -0.370 e. The highest BCUT2D eigenvalue weighted by Gasteiger charge is 2.29. The summed E-state index contributed by atoms with van der Waals surface area (Å²) < 4.78 is 1.98. The van der Waals surface area contributed by atoms with Crippen molar-refractivity contribution in [1.82, 2.24) is 9.78 Å². The average Bonchev–Trinajstić information content (AvgIpc) is 2.70. The lowest BCUT2D eigenvalue weighted by Crippen LogP contribution is -2.12. The fourth-order valence-corrected chi connectivity index (χ4v) is 3.47. The molecule has 0 atom stereocenters. The third-order valence-electron chi connectivity index (χ3n) is 4.91. The molecule has 0 unspecified atom stereocenters. The second-order valence-corrected chi connectivity index (χ2v) is 6.26. The molecule has 2 heterocycles. The molecule has 0 spiro atoms. The lowest BCUT2D eigenvalue weighted by Gasteiger charge is -2.24. The molecule has 1 aromatic carbocycles. The Morgan fingerprint density at radius 2 is 2.05 bits per heavy atom. The molecule has 22 heavy (non-hydrogen) atoms. The van der Waals surface area contributed by atoms with Crippen molar-refractivity contribution < 1.29 is 0 Å². The second-order valence-electron chi connectivity index (χ2n) is 6.26. The fourth-order valence-electron chi connectivity index (χ4n) is 3.47. The van der Waals surface area contributed by atoms with E-state index in [9.17, 15) is 5.26 Å². The second kappa shape index (κ2) is 5.49. The summed E-state index contributed by atoms with van der Waals surface area (Å²) in [6, 6.07) is 10.0. The SMILES string of the molecule is N#Cc1ccccc1-n1nc(C2CCC2)c2c1NCCCC2. The molecule has 0 saturated heterocycles. The molecular weight excluding hydrogens is 272 g/mol. The van der Waals surface area contributed by atoms with Crippen LogP contribution in [0.1, 0.15) is 54.8 Å². The van der Waals surface area contributed by atoms with Gasteiger partial charge in [0.05, 0.1) is 16.9 Å². The first-order valence-corrected chi connectivity index (χ1v) is 8.23. The summed E-state index contributed by atoms with van der Waals surface area (Å²) in [6.45, 7) is 0.984. The van der Waals surface area contributed by atoms with Crippen LogP contribution in [0.15, 0.2) is 24.3 Å². The van der Waals surface area contributed by atoms with E-state index in [2.05, 4.69) is 11.4 Å². The van der Waals surface area contributed by atoms with Gasteiger partial charge < -0.3 is 5.32 Å². The van der Waals surface area contributed by atoms with E-state index in [1.54, 1.807) is 0 Å². The van der Waals surface area contributed by atoms with Crippen LogP contribution in [-0.2, 0) is 6.42 Å². The van der Waals surface area contributed by atoms with E-state index in [0.717, 1.165) is 24.5 Å². The van der Waals surface area contributed by atoms with Crippen LogP contribution in [0.4, 0.5) is 5.82 Å². The number of rotatable bonds is 2. The third-order valence-corrected chi connectivity index (χ3v) is 4.91. The Balaban J connectivity index is 1.88. The van der Waals surface area contributed by atoms with Crippen molar-refractivity contribution in [3.05, 3.63) is 41.1 Å². The summed E-state index contributed by atoms with van der Waals surface area (Å²) in [7, 11) is 0. The molecule has 1 aliphatic heterocycles. The first kappa shape index (κ1) is 13.4. The Morgan fingerprint density at radius 3 is 2.82 bits per heavy atom. The minimum absolute atomic E-state index is 0.615. The number of nitrogens with zero attached hydrogens (tertiary/aromatic N) is 3. The van der Waals surface area contributed by atoms with Gasteiger partial charge in [0.2, 0.25) is 0 Å². The van der Waals surface area contributed by atoms with Crippen LogP contribution in [0.3, 0.4) is 0 Å². The lowest BCUT2D eigenvalue weighted by molar-refractivity contribution is 0.406. The van der Waals surface area contributed by atoms with Gasteiger partial charge in [-0.3, -0.25) is 0 Å². The van der Waals surface area contributed by atoms with Crippen molar-refractivity contribution in [2.75, 3.05) is 11.9 Å². The average molecular weight is 292 g/mol. The molecular formula is C18H20N4. The molecule has 112 valence electrons. The Morgan fingerprint density at radius 1 is 1.18 bits per heavy atom. The Hall–Kier alpha value is -2.28. The van der Waals surface area contributed by atoms with E-state index in [4.69, 9.17) is 5.10 Å². The molecule has 4 rings (SSSR count). The van der Waals surface area contributed by atoms with Crippen LogP contribution in [0.2, 0.25) is 0 Å². The number of nitriles is 1. The molecule has 2 aliphatic rings. The number of nitrogens with one attached hydrogen (secondary N) is 1.